The van der Waals surface area contributed by atoms with Crippen molar-refractivity contribution in [3.8, 4) is 0 Å². The van der Waals surface area contributed by atoms with Crippen LogP contribution in [0, 0.1) is 13.8 Å². The molecule has 1 heterocycles. The van der Waals surface area contributed by atoms with Crippen LogP contribution < -0.4 is 5.73 Å². The van der Waals surface area contributed by atoms with Crippen LogP contribution in [0.25, 0.3) is 0 Å². The molecule has 18 heavy (non-hydrogen) atoms. The van der Waals surface area contributed by atoms with Crippen LogP contribution in [0.5, 0.6) is 0 Å². The summed E-state index contributed by atoms with van der Waals surface area (Å²) in [7, 11) is 0. The van der Waals surface area contributed by atoms with Gasteiger partial charge in [0.15, 0.2) is 0 Å². The van der Waals surface area contributed by atoms with Crippen LogP contribution in [0.3, 0.4) is 0 Å². The third-order valence-corrected chi connectivity index (χ3v) is 4.26. The predicted molar refractivity (Wildman–Crippen MR) is 80.2 cm³/mol. The van der Waals surface area contributed by atoms with Gasteiger partial charge in [-0.1, -0.05) is 29.8 Å². The molecule has 0 amide bonds. The Morgan fingerprint density at radius 1 is 1.22 bits per heavy atom. The topological polar surface area (TPSA) is 26.0 Å². The lowest BCUT2D eigenvalue weighted by molar-refractivity contribution is 0.612. The first-order chi connectivity index (χ1) is 8.65. The van der Waals surface area contributed by atoms with Gasteiger partial charge in [0.2, 0.25) is 0 Å². The van der Waals surface area contributed by atoms with Gasteiger partial charge in [0.25, 0.3) is 0 Å². The molecule has 96 valence electrons. The Balaban J connectivity index is 1.90. The van der Waals surface area contributed by atoms with Gasteiger partial charge in [-0.25, -0.2) is 0 Å². The van der Waals surface area contributed by atoms with Crippen LogP contribution in [0.2, 0.25) is 0 Å². The summed E-state index contributed by atoms with van der Waals surface area (Å²) in [4.78, 5) is 1.44. The molecule has 1 aromatic carbocycles. The van der Waals surface area contributed by atoms with Gasteiger partial charge >= 0.3 is 0 Å². The quantitative estimate of drug-likeness (QED) is 0.866. The number of rotatable bonds is 5. The summed E-state index contributed by atoms with van der Waals surface area (Å²) in [5.74, 6) is 0. The molecule has 0 saturated carbocycles. The van der Waals surface area contributed by atoms with E-state index in [9.17, 15) is 0 Å². The lowest BCUT2D eigenvalue weighted by Crippen LogP contribution is -2.23. The highest BCUT2D eigenvalue weighted by Gasteiger charge is 2.07. The van der Waals surface area contributed by atoms with Crippen molar-refractivity contribution in [2.45, 2.75) is 39.2 Å². The predicted octanol–water partition coefficient (Wildman–Crippen LogP) is 3.87. The Labute approximate surface area is 114 Å². The van der Waals surface area contributed by atoms with E-state index < -0.39 is 0 Å². The Bertz CT molecular complexity index is 488. The van der Waals surface area contributed by atoms with Crippen molar-refractivity contribution < 1.29 is 0 Å². The number of hydrogen-bond acceptors (Lipinski definition) is 2. The minimum Gasteiger partial charge on any atom is -0.327 e. The van der Waals surface area contributed by atoms with E-state index in [4.69, 9.17) is 5.73 Å². The van der Waals surface area contributed by atoms with E-state index in [1.807, 2.05) is 11.3 Å². The number of benzene rings is 1. The van der Waals surface area contributed by atoms with Crippen LogP contribution in [-0.2, 0) is 12.8 Å². The van der Waals surface area contributed by atoms with Crippen molar-refractivity contribution in [1.29, 1.82) is 0 Å². The highest BCUT2D eigenvalue weighted by Crippen LogP contribution is 2.16. The van der Waals surface area contributed by atoms with E-state index in [-0.39, 0.29) is 6.04 Å². The van der Waals surface area contributed by atoms with Gasteiger partial charge in [-0.3, -0.25) is 0 Å². The average Bonchev–Trinajstić information content (AvgIpc) is 2.84. The zero-order chi connectivity index (χ0) is 13.0. The molecule has 2 heteroatoms. The largest absolute Gasteiger partial charge is 0.327 e. The van der Waals surface area contributed by atoms with Crippen molar-refractivity contribution in [1.82, 2.24) is 0 Å². The van der Waals surface area contributed by atoms with Crippen molar-refractivity contribution >= 4 is 11.3 Å². The van der Waals surface area contributed by atoms with Gasteiger partial charge in [0.1, 0.15) is 0 Å². The van der Waals surface area contributed by atoms with E-state index in [2.05, 4.69) is 49.6 Å². The van der Waals surface area contributed by atoms with Crippen molar-refractivity contribution in [3.63, 3.8) is 0 Å². The molecule has 0 fully saturated rings. The fourth-order valence-electron chi connectivity index (χ4n) is 2.19. The highest BCUT2D eigenvalue weighted by atomic mass is 32.1. The van der Waals surface area contributed by atoms with Gasteiger partial charge < -0.3 is 5.73 Å². The molecule has 0 saturated heterocycles. The Kier molecular flexibility index (Phi) is 4.56. The molecule has 2 rings (SSSR count). The summed E-state index contributed by atoms with van der Waals surface area (Å²) >= 11 is 1.82. The van der Waals surface area contributed by atoms with Crippen molar-refractivity contribution in [2.24, 2.45) is 5.73 Å². The van der Waals surface area contributed by atoms with E-state index in [1.165, 1.54) is 21.6 Å². The second-order valence-electron chi connectivity index (χ2n) is 5.01. The van der Waals surface area contributed by atoms with E-state index in [0.29, 0.717) is 0 Å². The Hall–Kier alpha value is -1.12. The summed E-state index contributed by atoms with van der Waals surface area (Å²) in [5.41, 5.74) is 10.3. The fraction of sp³-hybridized carbons (Fsp3) is 0.375. The molecular formula is C16H21NS. The zero-order valence-corrected chi connectivity index (χ0v) is 12.0. The smallest absolute Gasteiger partial charge is 0.00828 e. The van der Waals surface area contributed by atoms with E-state index >= 15 is 0 Å². The number of nitrogens with two attached hydrogens (primary N) is 1. The van der Waals surface area contributed by atoms with Crippen molar-refractivity contribution in [2.75, 3.05) is 0 Å². The van der Waals surface area contributed by atoms with E-state index in [1.54, 1.807) is 0 Å². The molecule has 1 unspecified atom stereocenters. The third kappa shape index (κ3) is 3.69. The highest BCUT2D eigenvalue weighted by molar-refractivity contribution is 7.09. The Morgan fingerprint density at radius 2 is 2.06 bits per heavy atom. The molecule has 2 aromatic rings. The molecular weight excluding hydrogens is 238 g/mol. The van der Waals surface area contributed by atoms with Gasteiger partial charge in [-0.2, -0.15) is 0 Å². The average molecular weight is 259 g/mol. The fourth-order valence-corrected chi connectivity index (χ4v) is 2.91. The van der Waals surface area contributed by atoms with Gasteiger partial charge in [-0.15, -0.1) is 11.3 Å². The van der Waals surface area contributed by atoms with Gasteiger partial charge in [0.05, 0.1) is 0 Å². The third-order valence-electron chi connectivity index (χ3n) is 3.33. The zero-order valence-electron chi connectivity index (χ0n) is 11.1. The molecule has 1 atom stereocenters. The summed E-state index contributed by atoms with van der Waals surface area (Å²) in [6, 6.07) is 11.2. The first kappa shape index (κ1) is 13.3. The van der Waals surface area contributed by atoms with E-state index in [0.717, 1.165) is 19.3 Å². The lowest BCUT2D eigenvalue weighted by atomic mass is 9.97. The standard InChI is InChI=1S/C16H21NS/c1-12-5-6-13(2)14(10-12)11-15(17)7-8-16-4-3-9-18-16/h3-6,9-10,15H,7-8,11,17H2,1-2H3. The first-order valence-corrected chi connectivity index (χ1v) is 7.37. The maximum atomic E-state index is 6.25. The maximum Gasteiger partial charge on any atom is 0.00828 e. The van der Waals surface area contributed by atoms with Crippen LogP contribution >= 0.6 is 11.3 Å². The molecule has 0 aliphatic carbocycles. The van der Waals surface area contributed by atoms with Crippen LogP contribution in [0.4, 0.5) is 0 Å². The second-order valence-corrected chi connectivity index (χ2v) is 6.04. The van der Waals surface area contributed by atoms with Gasteiger partial charge in [-0.05, 0) is 55.7 Å². The number of thiophene rings is 1. The van der Waals surface area contributed by atoms with Crippen LogP contribution in [0.1, 0.15) is 28.0 Å². The lowest BCUT2D eigenvalue weighted by Gasteiger charge is -2.13. The summed E-state index contributed by atoms with van der Waals surface area (Å²) in [6.07, 6.45) is 3.15. The molecule has 0 radical (unpaired) electrons. The number of hydrogen-bond donors (Lipinski definition) is 1. The molecule has 0 bridgehead atoms. The number of aryl methyl sites for hydroxylation is 3. The Morgan fingerprint density at radius 3 is 2.78 bits per heavy atom. The maximum absolute atomic E-state index is 6.25. The molecule has 2 N–H and O–H groups in total. The van der Waals surface area contributed by atoms with Crippen LogP contribution in [0.15, 0.2) is 35.7 Å². The summed E-state index contributed by atoms with van der Waals surface area (Å²) in [5, 5.41) is 2.13. The first-order valence-electron chi connectivity index (χ1n) is 6.49. The minimum absolute atomic E-state index is 0.257. The summed E-state index contributed by atoms with van der Waals surface area (Å²) in [6.45, 7) is 4.31. The van der Waals surface area contributed by atoms with Gasteiger partial charge in [0, 0.05) is 10.9 Å². The minimum atomic E-state index is 0.257. The molecule has 1 nitrogen and oxygen atoms in total. The molecule has 1 aromatic heterocycles. The SMILES string of the molecule is Cc1ccc(C)c(CC(N)CCc2cccs2)c1. The monoisotopic (exact) mass is 259 g/mol. The normalized spacial score (nSPS) is 12.6. The molecule has 0 aliphatic rings. The van der Waals surface area contributed by atoms with Crippen LogP contribution in [-0.4, -0.2) is 6.04 Å². The second kappa shape index (κ2) is 6.17. The molecule has 0 aliphatic heterocycles. The van der Waals surface area contributed by atoms with Crippen molar-refractivity contribution in [3.05, 3.63) is 57.3 Å². The molecule has 0 spiro atoms. The summed E-state index contributed by atoms with van der Waals surface area (Å²) < 4.78 is 0.